The summed E-state index contributed by atoms with van der Waals surface area (Å²) in [5, 5.41) is 0. The Morgan fingerprint density at radius 1 is 1.08 bits per heavy atom. The second-order valence-corrected chi connectivity index (χ2v) is 6.21. The van der Waals surface area contributed by atoms with E-state index >= 15 is 0 Å². The van der Waals surface area contributed by atoms with Crippen molar-refractivity contribution in [2.45, 2.75) is 6.54 Å². The smallest absolute Gasteiger partial charge is 0.185 e. The van der Waals surface area contributed by atoms with Gasteiger partial charge in [-0.25, -0.2) is 0 Å². The summed E-state index contributed by atoms with van der Waals surface area (Å²) in [6.07, 6.45) is 6.86. The maximum atomic E-state index is 12.2. The highest BCUT2D eigenvalue weighted by atomic mass is 16.1. The fourth-order valence-electron chi connectivity index (χ4n) is 2.87. The topological polar surface area (TPSA) is 36.4 Å². The SMILES string of the molecule is CN1CCN(Cc2ccccc2/C=C/C(=O)c2ccncc2)CC1. The Labute approximate surface area is 143 Å². The minimum atomic E-state index is 0.00630. The molecule has 4 nitrogen and oxygen atoms in total. The van der Waals surface area contributed by atoms with E-state index in [1.807, 2.05) is 12.1 Å². The quantitative estimate of drug-likeness (QED) is 0.627. The molecule has 0 bridgehead atoms. The van der Waals surface area contributed by atoms with E-state index in [4.69, 9.17) is 0 Å². The van der Waals surface area contributed by atoms with Crippen LogP contribution in [0, 0.1) is 0 Å². The van der Waals surface area contributed by atoms with Crippen LogP contribution in [0.3, 0.4) is 0 Å². The number of allylic oxidation sites excluding steroid dienone is 1. The number of hydrogen-bond acceptors (Lipinski definition) is 4. The highest BCUT2D eigenvalue weighted by molar-refractivity contribution is 6.06. The van der Waals surface area contributed by atoms with Gasteiger partial charge >= 0.3 is 0 Å². The lowest BCUT2D eigenvalue weighted by Crippen LogP contribution is -2.43. The summed E-state index contributed by atoms with van der Waals surface area (Å²) in [7, 11) is 2.17. The number of piperazine rings is 1. The highest BCUT2D eigenvalue weighted by Gasteiger charge is 2.14. The molecule has 1 aliphatic rings. The van der Waals surface area contributed by atoms with Crippen LogP contribution in [0.1, 0.15) is 21.5 Å². The predicted molar refractivity (Wildman–Crippen MR) is 96.8 cm³/mol. The number of nitrogens with zero attached hydrogens (tertiary/aromatic N) is 3. The summed E-state index contributed by atoms with van der Waals surface area (Å²) in [5.41, 5.74) is 3.04. The number of rotatable bonds is 5. The number of carbonyl (C=O) groups is 1. The summed E-state index contributed by atoms with van der Waals surface area (Å²) in [4.78, 5) is 21.0. The Hall–Kier alpha value is -2.30. The molecule has 0 radical (unpaired) electrons. The first-order valence-corrected chi connectivity index (χ1v) is 8.33. The summed E-state index contributed by atoms with van der Waals surface area (Å²) in [6.45, 7) is 5.32. The lowest BCUT2D eigenvalue weighted by molar-refractivity contribution is 0.104. The van der Waals surface area contributed by atoms with Crippen LogP contribution in [0.4, 0.5) is 0 Å². The van der Waals surface area contributed by atoms with Gasteiger partial charge in [-0.1, -0.05) is 30.3 Å². The molecular weight excluding hydrogens is 298 g/mol. The van der Waals surface area contributed by atoms with Crippen LogP contribution in [0.5, 0.6) is 0 Å². The van der Waals surface area contributed by atoms with Gasteiger partial charge in [0.25, 0.3) is 0 Å². The summed E-state index contributed by atoms with van der Waals surface area (Å²) in [5.74, 6) is 0.00630. The molecule has 124 valence electrons. The monoisotopic (exact) mass is 321 g/mol. The molecule has 0 aliphatic carbocycles. The Balaban J connectivity index is 1.70. The van der Waals surface area contributed by atoms with Crippen LogP contribution in [-0.4, -0.2) is 53.8 Å². The molecule has 2 heterocycles. The van der Waals surface area contributed by atoms with E-state index in [0.29, 0.717) is 5.56 Å². The van der Waals surface area contributed by atoms with Gasteiger partial charge in [0, 0.05) is 50.7 Å². The molecule has 1 aromatic carbocycles. The number of carbonyl (C=O) groups excluding carboxylic acids is 1. The minimum absolute atomic E-state index is 0.00630. The van der Waals surface area contributed by atoms with Gasteiger partial charge in [-0.05, 0) is 36.4 Å². The van der Waals surface area contributed by atoms with E-state index in [9.17, 15) is 4.79 Å². The standard InChI is InChI=1S/C20H23N3O/c1-22-12-14-23(15-13-22)16-19-5-3-2-4-17(19)6-7-20(24)18-8-10-21-11-9-18/h2-11H,12-16H2,1H3/b7-6+. The highest BCUT2D eigenvalue weighted by Crippen LogP contribution is 2.15. The third kappa shape index (κ3) is 4.37. The normalized spacial score (nSPS) is 16.5. The second-order valence-electron chi connectivity index (χ2n) is 6.21. The van der Waals surface area contributed by atoms with Gasteiger partial charge in [0.1, 0.15) is 0 Å². The lowest BCUT2D eigenvalue weighted by atomic mass is 10.0. The number of likely N-dealkylation sites (N-methyl/N-ethyl adjacent to an activating group) is 1. The van der Waals surface area contributed by atoms with Crippen molar-refractivity contribution in [1.82, 2.24) is 14.8 Å². The average Bonchev–Trinajstić information content (AvgIpc) is 2.63. The van der Waals surface area contributed by atoms with Crippen LogP contribution in [0.2, 0.25) is 0 Å². The van der Waals surface area contributed by atoms with E-state index in [2.05, 4.69) is 40.0 Å². The Morgan fingerprint density at radius 3 is 2.54 bits per heavy atom. The van der Waals surface area contributed by atoms with Crippen molar-refractivity contribution in [3.8, 4) is 0 Å². The summed E-state index contributed by atoms with van der Waals surface area (Å²) < 4.78 is 0. The third-order valence-corrected chi connectivity index (χ3v) is 4.42. The number of pyridine rings is 1. The Morgan fingerprint density at radius 2 is 1.79 bits per heavy atom. The van der Waals surface area contributed by atoms with Gasteiger partial charge in [0.05, 0.1) is 0 Å². The van der Waals surface area contributed by atoms with Crippen LogP contribution in [0.25, 0.3) is 6.08 Å². The van der Waals surface area contributed by atoms with E-state index in [-0.39, 0.29) is 5.78 Å². The first-order valence-electron chi connectivity index (χ1n) is 8.33. The zero-order valence-electron chi connectivity index (χ0n) is 14.1. The fourth-order valence-corrected chi connectivity index (χ4v) is 2.87. The fraction of sp³-hybridized carbons (Fsp3) is 0.300. The maximum absolute atomic E-state index is 12.2. The molecule has 0 saturated carbocycles. The van der Waals surface area contributed by atoms with Gasteiger partial charge < -0.3 is 4.90 Å². The summed E-state index contributed by atoms with van der Waals surface area (Å²) >= 11 is 0. The Bertz CT molecular complexity index is 704. The molecule has 0 atom stereocenters. The number of aromatic nitrogens is 1. The van der Waals surface area contributed by atoms with Crippen molar-refractivity contribution < 1.29 is 4.79 Å². The minimum Gasteiger partial charge on any atom is -0.304 e. The Kier molecular flexibility index (Phi) is 5.51. The van der Waals surface area contributed by atoms with E-state index in [1.165, 1.54) is 5.56 Å². The van der Waals surface area contributed by atoms with Gasteiger partial charge in [0.15, 0.2) is 5.78 Å². The van der Waals surface area contributed by atoms with Crippen LogP contribution in [0.15, 0.2) is 54.9 Å². The molecule has 1 fully saturated rings. The van der Waals surface area contributed by atoms with E-state index < -0.39 is 0 Å². The molecule has 1 aromatic heterocycles. The van der Waals surface area contributed by atoms with Crippen molar-refractivity contribution >= 4 is 11.9 Å². The van der Waals surface area contributed by atoms with Crippen molar-refractivity contribution in [2.24, 2.45) is 0 Å². The molecule has 0 spiro atoms. The lowest BCUT2D eigenvalue weighted by Gasteiger charge is -2.32. The average molecular weight is 321 g/mol. The largest absolute Gasteiger partial charge is 0.304 e. The predicted octanol–water partition coefficient (Wildman–Crippen LogP) is 2.73. The third-order valence-electron chi connectivity index (χ3n) is 4.42. The molecule has 2 aromatic rings. The molecule has 1 saturated heterocycles. The number of ketones is 1. The second kappa shape index (κ2) is 7.99. The van der Waals surface area contributed by atoms with Crippen LogP contribution in [-0.2, 0) is 6.54 Å². The van der Waals surface area contributed by atoms with Gasteiger partial charge in [-0.2, -0.15) is 0 Å². The summed E-state index contributed by atoms with van der Waals surface area (Å²) in [6, 6.07) is 11.8. The van der Waals surface area contributed by atoms with Crippen molar-refractivity contribution in [1.29, 1.82) is 0 Å². The molecular formula is C20H23N3O. The van der Waals surface area contributed by atoms with E-state index in [1.54, 1.807) is 30.6 Å². The molecule has 24 heavy (non-hydrogen) atoms. The van der Waals surface area contributed by atoms with Gasteiger partial charge in [-0.3, -0.25) is 14.7 Å². The molecule has 3 rings (SSSR count). The number of benzene rings is 1. The van der Waals surface area contributed by atoms with Crippen molar-refractivity contribution in [3.05, 3.63) is 71.6 Å². The first-order chi connectivity index (χ1) is 11.7. The molecule has 0 amide bonds. The van der Waals surface area contributed by atoms with Crippen LogP contribution < -0.4 is 0 Å². The van der Waals surface area contributed by atoms with Crippen molar-refractivity contribution in [2.75, 3.05) is 33.2 Å². The first kappa shape index (κ1) is 16.6. The number of hydrogen-bond donors (Lipinski definition) is 0. The van der Waals surface area contributed by atoms with E-state index in [0.717, 1.165) is 38.3 Å². The maximum Gasteiger partial charge on any atom is 0.185 e. The molecule has 1 aliphatic heterocycles. The van der Waals surface area contributed by atoms with Crippen molar-refractivity contribution in [3.63, 3.8) is 0 Å². The zero-order valence-corrected chi connectivity index (χ0v) is 14.1. The molecule has 0 N–H and O–H groups in total. The zero-order chi connectivity index (χ0) is 16.8. The van der Waals surface area contributed by atoms with Crippen LogP contribution >= 0.6 is 0 Å². The van der Waals surface area contributed by atoms with Gasteiger partial charge in [-0.15, -0.1) is 0 Å². The molecule has 0 unspecified atom stereocenters. The molecule has 4 heteroatoms. The van der Waals surface area contributed by atoms with Gasteiger partial charge in [0.2, 0.25) is 0 Å².